The first-order valence-electron chi connectivity index (χ1n) is 10.1. The highest BCUT2D eigenvalue weighted by atomic mass is 17.0. The first-order valence-corrected chi connectivity index (χ1v) is 10.1. The van der Waals surface area contributed by atoms with E-state index >= 15 is 0 Å². The molecular formula is C19H23N3O14. The van der Waals surface area contributed by atoms with Gasteiger partial charge in [0.05, 0.1) is 23.7 Å². The van der Waals surface area contributed by atoms with E-state index in [1.54, 1.807) is 20.8 Å². The summed E-state index contributed by atoms with van der Waals surface area (Å²) in [6, 6.07) is 4.45. The van der Waals surface area contributed by atoms with Gasteiger partial charge in [-0.1, -0.05) is 0 Å². The molecule has 0 heterocycles. The van der Waals surface area contributed by atoms with E-state index in [9.17, 15) is 44.7 Å². The zero-order valence-corrected chi connectivity index (χ0v) is 19.3. The summed E-state index contributed by atoms with van der Waals surface area (Å²) in [6.07, 6.45) is -3.03. The van der Waals surface area contributed by atoms with Gasteiger partial charge in [-0.25, -0.2) is 0 Å². The number of non-ortho nitro benzene ring substituents is 1. The number of hydrogen-bond donors (Lipinski definition) is 0. The van der Waals surface area contributed by atoms with Crippen LogP contribution in [0.15, 0.2) is 24.3 Å². The minimum atomic E-state index is -1.68. The third kappa shape index (κ3) is 12.1. The quantitative estimate of drug-likeness (QED) is 0.148. The van der Waals surface area contributed by atoms with E-state index in [4.69, 9.17) is 14.2 Å². The summed E-state index contributed by atoms with van der Waals surface area (Å²) in [5.74, 6) is -4.62. The zero-order valence-electron chi connectivity index (χ0n) is 19.3. The molecule has 17 nitrogen and oxygen atoms in total. The number of nitro groups is 1. The van der Waals surface area contributed by atoms with Gasteiger partial charge >= 0.3 is 17.9 Å². The average Bonchev–Trinajstić information content (AvgIpc) is 2.73. The lowest BCUT2D eigenvalue weighted by molar-refractivity contribution is -0.790. The molecule has 0 aliphatic carbocycles. The van der Waals surface area contributed by atoms with Crippen LogP contribution in [0.5, 0.6) is 5.75 Å². The Kier molecular flexibility index (Phi) is 10.9. The fourth-order valence-corrected chi connectivity index (χ4v) is 2.50. The second-order valence-electron chi connectivity index (χ2n) is 8.02. The number of esters is 3. The molecule has 1 rings (SSSR count). The van der Waals surface area contributed by atoms with Crippen molar-refractivity contribution in [2.24, 2.45) is 5.92 Å². The Balaban J connectivity index is 2.91. The predicted octanol–water partition coefficient (Wildman–Crippen LogP) is 1.57. The van der Waals surface area contributed by atoms with E-state index in [1.807, 2.05) is 0 Å². The van der Waals surface area contributed by atoms with Gasteiger partial charge in [0, 0.05) is 12.1 Å². The molecule has 0 spiro atoms. The van der Waals surface area contributed by atoms with Gasteiger partial charge in [0.25, 0.3) is 15.9 Å². The van der Waals surface area contributed by atoms with Crippen LogP contribution in [-0.4, -0.2) is 57.9 Å². The van der Waals surface area contributed by atoms with Crippen molar-refractivity contribution in [3.8, 4) is 5.75 Å². The second-order valence-corrected chi connectivity index (χ2v) is 8.02. The molecule has 17 heteroatoms. The number of carbonyl (C=O) groups is 3. The highest BCUT2D eigenvalue weighted by Gasteiger charge is 2.31. The topological polar surface area (TPSA) is 227 Å². The number of ether oxygens (including phenoxy) is 3. The summed E-state index contributed by atoms with van der Waals surface area (Å²) < 4.78 is 15.0. The lowest BCUT2D eigenvalue weighted by Crippen LogP contribution is -2.34. The Morgan fingerprint density at radius 1 is 0.889 bits per heavy atom. The molecule has 0 N–H and O–H groups in total. The third-order valence-corrected chi connectivity index (χ3v) is 3.87. The van der Waals surface area contributed by atoms with Crippen molar-refractivity contribution in [2.75, 3.05) is 13.2 Å². The molecule has 0 bridgehead atoms. The monoisotopic (exact) mass is 517 g/mol. The van der Waals surface area contributed by atoms with Crippen LogP contribution in [0.25, 0.3) is 0 Å². The van der Waals surface area contributed by atoms with E-state index in [1.165, 1.54) is 0 Å². The summed E-state index contributed by atoms with van der Waals surface area (Å²) in [6.45, 7) is 2.87. The minimum Gasteiger partial charge on any atom is -0.463 e. The molecule has 198 valence electrons. The largest absolute Gasteiger partial charge is 0.463 e. The normalized spacial score (nSPS) is 12.4. The van der Waals surface area contributed by atoms with Crippen LogP contribution in [0.2, 0.25) is 0 Å². The molecule has 1 aromatic carbocycles. The summed E-state index contributed by atoms with van der Waals surface area (Å²) in [7, 11) is 0. The Morgan fingerprint density at radius 2 is 1.47 bits per heavy atom. The summed E-state index contributed by atoms with van der Waals surface area (Å²) in [4.78, 5) is 76.2. The van der Waals surface area contributed by atoms with Gasteiger partial charge in [0.15, 0.2) is 6.10 Å². The van der Waals surface area contributed by atoms with E-state index in [2.05, 4.69) is 9.68 Å². The molecule has 36 heavy (non-hydrogen) atoms. The third-order valence-electron chi connectivity index (χ3n) is 3.87. The van der Waals surface area contributed by atoms with Gasteiger partial charge in [-0.05, 0) is 32.9 Å². The van der Waals surface area contributed by atoms with Gasteiger partial charge in [-0.2, -0.15) is 0 Å². The van der Waals surface area contributed by atoms with Crippen molar-refractivity contribution in [3.63, 3.8) is 0 Å². The molecule has 1 aromatic rings. The number of carbonyl (C=O) groups excluding carboxylic acids is 3. The first-order chi connectivity index (χ1) is 16.7. The van der Waals surface area contributed by atoms with Crippen molar-refractivity contribution < 1.29 is 53.4 Å². The van der Waals surface area contributed by atoms with Gasteiger partial charge in [0.1, 0.15) is 24.6 Å². The summed E-state index contributed by atoms with van der Waals surface area (Å²) in [5.41, 5.74) is -1.18. The fraction of sp³-hybridized carbons (Fsp3) is 0.526. The van der Waals surface area contributed by atoms with Gasteiger partial charge in [-0.3, -0.25) is 24.5 Å². The van der Waals surface area contributed by atoms with E-state index in [-0.39, 0.29) is 11.4 Å². The van der Waals surface area contributed by atoms with Crippen LogP contribution >= 0.6 is 0 Å². The SMILES string of the molecule is CC(C)(C)OC(=O)CC(CC(=O)Oc1ccc([N+](=O)[O-])cc1)C(=O)OCC(CO[N+](=O)[O-])O[N+](=O)[O-]. The van der Waals surface area contributed by atoms with Crippen molar-refractivity contribution in [2.45, 2.75) is 45.3 Å². The van der Waals surface area contributed by atoms with Crippen LogP contribution in [0, 0.1) is 36.3 Å². The minimum absolute atomic E-state index is 0.0774. The molecule has 0 radical (unpaired) electrons. The second kappa shape index (κ2) is 13.4. The van der Waals surface area contributed by atoms with Gasteiger partial charge in [-0.15, -0.1) is 20.2 Å². The van der Waals surface area contributed by atoms with Crippen LogP contribution < -0.4 is 4.74 Å². The molecule has 0 aromatic heterocycles. The predicted molar refractivity (Wildman–Crippen MR) is 113 cm³/mol. The molecule has 0 aliphatic heterocycles. The summed E-state index contributed by atoms with van der Waals surface area (Å²) >= 11 is 0. The Bertz CT molecular complexity index is 973. The molecule has 0 aliphatic rings. The smallest absolute Gasteiger partial charge is 0.312 e. The van der Waals surface area contributed by atoms with Crippen molar-refractivity contribution in [3.05, 3.63) is 54.6 Å². The van der Waals surface area contributed by atoms with E-state index < -0.39 is 76.7 Å². The molecule has 0 amide bonds. The Labute approximate surface area is 202 Å². The maximum atomic E-state index is 12.6. The van der Waals surface area contributed by atoms with E-state index in [0.717, 1.165) is 24.3 Å². The standard InChI is InChI=1S/C19H23N3O14/c1-19(2,3)35-17(24)9-12(8-16(23)34-14-6-4-13(5-7-14)20(26)27)18(25)32-10-15(36-22(30)31)11-33-21(28)29/h4-7,12,15H,8-11H2,1-3H3. The molecule has 0 fully saturated rings. The highest BCUT2D eigenvalue weighted by Crippen LogP contribution is 2.21. The first kappa shape index (κ1) is 29.5. The Morgan fingerprint density at radius 3 is 1.97 bits per heavy atom. The highest BCUT2D eigenvalue weighted by molar-refractivity contribution is 5.85. The average molecular weight is 517 g/mol. The summed E-state index contributed by atoms with van der Waals surface area (Å²) in [5, 5.41) is 29.1. The number of hydrogen-bond acceptors (Lipinski definition) is 14. The van der Waals surface area contributed by atoms with Gasteiger partial charge < -0.3 is 23.9 Å². The van der Waals surface area contributed by atoms with Crippen LogP contribution in [0.3, 0.4) is 0 Å². The van der Waals surface area contributed by atoms with Crippen molar-refractivity contribution in [1.29, 1.82) is 0 Å². The van der Waals surface area contributed by atoms with Gasteiger partial charge in [0.2, 0.25) is 0 Å². The van der Waals surface area contributed by atoms with Crippen LogP contribution in [0.4, 0.5) is 5.69 Å². The number of rotatable bonds is 14. The number of nitrogens with zero attached hydrogens (tertiary/aromatic N) is 3. The maximum Gasteiger partial charge on any atom is 0.312 e. The maximum absolute atomic E-state index is 12.6. The fourth-order valence-electron chi connectivity index (χ4n) is 2.50. The molecule has 2 unspecified atom stereocenters. The van der Waals surface area contributed by atoms with E-state index in [0.29, 0.717) is 0 Å². The number of nitro benzene ring substituents is 1. The van der Waals surface area contributed by atoms with Crippen molar-refractivity contribution >= 4 is 23.6 Å². The Hall–Kier alpha value is -4.57. The molecular weight excluding hydrogens is 494 g/mol. The van der Waals surface area contributed by atoms with Crippen LogP contribution in [-0.2, 0) is 33.5 Å². The van der Waals surface area contributed by atoms with Crippen molar-refractivity contribution in [1.82, 2.24) is 0 Å². The lowest BCUT2D eigenvalue weighted by atomic mass is 10.0. The van der Waals surface area contributed by atoms with Crippen LogP contribution in [0.1, 0.15) is 33.6 Å². The zero-order chi connectivity index (χ0) is 27.5. The number of benzene rings is 1. The lowest BCUT2D eigenvalue weighted by Gasteiger charge is -2.22. The molecule has 0 saturated heterocycles. The molecule has 0 saturated carbocycles. The molecule has 2 atom stereocenters.